The number of pyridine rings is 1. The Hall–Kier alpha value is -1.88. The lowest BCUT2D eigenvalue weighted by Gasteiger charge is -2.38. The Balaban J connectivity index is 1.33. The first-order valence-electron chi connectivity index (χ1n) is 12.2. The molecule has 1 amide bonds. The van der Waals surface area contributed by atoms with Crippen LogP contribution >= 0.6 is 0 Å². The van der Waals surface area contributed by atoms with Crippen LogP contribution in [0.25, 0.3) is 0 Å². The number of aromatic nitrogens is 1. The van der Waals surface area contributed by atoms with E-state index in [0.717, 1.165) is 25.1 Å². The van der Waals surface area contributed by atoms with E-state index in [-0.39, 0.29) is 50.0 Å². The fourth-order valence-corrected chi connectivity index (χ4v) is 6.63. The van der Waals surface area contributed by atoms with E-state index in [0.29, 0.717) is 37.2 Å². The van der Waals surface area contributed by atoms with E-state index in [4.69, 9.17) is 4.74 Å². The van der Waals surface area contributed by atoms with Gasteiger partial charge < -0.3 is 15.0 Å². The number of carbonyl (C=O) groups excluding carboxylic acids is 1. The van der Waals surface area contributed by atoms with Crippen LogP contribution in [0.2, 0.25) is 0 Å². The quantitative estimate of drug-likeness (QED) is 0.613. The minimum atomic E-state index is -4.58. The van der Waals surface area contributed by atoms with Gasteiger partial charge in [0.2, 0.25) is 5.91 Å². The third-order valence-corrected chi connectivity index (χ3v) is 8.27. The first-order chi connectivity index (χ1) is 16.4. The number of carbonyl (C=O) groups is 1. The van der Waals surface area contributed by atoms with Crippen LogP contribution in [0.15, 0.2) is 12.3 Å². The molecule has 1 aromatic heterocycles. The van der Waals surface area contributed by atoms with Crippen molar-refractivity contribution in [3.05, 3.63) is 29.1 Å². The topological polar surface area (TPSA) is 54.5 Å². The monoisotopic (exact) mass is 505 g/mol. The van der Waals surface area contributed by atoms with Crippen molar-refractivity contribution in [2.24, 2.45) is 17.3 Å². The Morgan fingerprint density at radius 2 is 1.86 bits per heavy atom. The van der Waals surface area contributed by atoms with Gasteiger partial charge in [0, 0.05) is 43.5 Å². The van der Waals surface area contributed by atoms with Crippen LogP contribution in [-0.4, -0.2) is 53.8 Å². The highest BCUT2D eigenvalue weighted by Crippen LogP contribution is 2.49. The number of hydrogen-bond donors (Lipinski definition) is 1. The molecule has 5 rings (SSSR count). The first kappa shape index (κ1) is 24.8. The highest BCUT2D eigenvalue weighted by Gasteiger charge is 2.54. The summed E-state index contributed by atoms with van der Waals surface area (Å²) in [6, 6.07) is 0.945. The molecular weight excluding hydrogens is 476 g/mol. The third-order valence-electron chi connectivity index (χ3n) is 8.27. The molecule has 3 fully saturated rings. The summed E-state index contributed by atoms with van der Waals surface area (Å²) in [5.74, 6) is 0.0733. The summed E-state index contributed by atoms with van der Waals surface area (Å²) in [4.78, 5) is 18.8. The minimum absolute atomic E-state index is 0.0757. The fraction of sp³-hybridized carbons (Fsp3) is 0.750. The maximum atomic E-state index is 13.7. The average molecular weight is 506 g/mol. The van der Waals surface area contributed by atoms with Crippen molar-refractivity contribution >= 4 is 5.91 Å². The molecule has 2 unspecified atom stereocenters. The molecule has 1 N–H and O–H groups in total. The van der Waals surface area contributed by atoms with Crippen LogP contribution in [-0.2, 0) is 28.7 Å². The van der Waals surface area contributed by atoms with Crippen LogP contribution in [0.3, 0.4) is 0 Å². The van der Waals surface area contributed by atoms with Gasteiger partial charge in [-0.1, -0.05) is 0 Å². The van der Waals surface area contributed by atoms with E-state index in [1.165, 1.54) is 4.90 Å². The van der Waals surface area contributed by atoms with Crippen molar-refractivity contribution < 1.29 is 35.9 Å². The van der Waals surface area contributed by atoms with E-state index in [9.17, 15) is 31.1 Å². The number of alkyl halides is 6. The van der Waals surface area contributed by atoms with Crippen LogP contribution in [0.4, 0.5) is 26.3 Å². The lowest BCUT2D eigenvalue weighted by molar-refractivity contribution is -0.174. The number of hydrogen-bond acceptors (Lipinski definition) is 4. The second-order valence-corrected chi connectivity index (χ2v) is 10.6. The van der Waals surface area contributed by atoms with Gasteiger partial charge in [0.25, 0.3) is 0 Å². The molecule has 2 saturated carbocycles. The Labute approximate surface area is 199 Å². The number of amides is 1. The third kappa shape index (κ3) is 5.03. The fourth-order valence-electron chi connectivity index (χ4n) is 6.63. The average Bonchev–Trinajstić information content (AvgIpc) is 3.26. The molecule has 2 bridgehead atoms. The highest BCUT2D eigenvalue weighted by molar-refractivity contribution is 5.83. The van der Waals surface area contributed by atoms with Crippen molar-refractivity contribution in [2.75, 3.05) is 19.8 Å². The molecule has 0 spiro atoms. The zero-order chi connectivity index (χ0) is 25.0. The summed E-state index contributed by atoms with van der Waals surface area (Å²) in [6.45, 7) is 1.28. The van der Waals surface area contributed by atoms with Gasteiger partial charge in [0.05, 0.1) is 30.6 Å². The van der Waals surface area contributed by atoms with Crippen LogP contribution in [0.5, 0.6) is 0 Å². The predicted molar refractivity (Wildman–Crippen MR) is 113 cm³/mol. The molecular formula is C24H29F6N3O2. The van der Waals surface area contributed by atoms with Crippen molar-refractivity contribution in [1.82, 2.24) is 15.2 Å². The number of nitrogens with one attached hydrogen (secondary N) is 1. The lowest BCUT2D eigenvalue weighted by atomic mass is 9.80. The van der Waals surface area contributed by atoms with Gasteiger partial charge in [-0.15, -0.1) is 0 Å². The van der Waals surface area contributed by atoms with Crippen molar-refractivity contribution in [3.8, 4) is 0 Å². The Morgan fingerprint density at radius 1 is 1.14 bits per heavy atom. The van der Waals surface area contributed by atoms with Crippen molar-refractivity contribution in [1.29, 1.82) is 0 Å². The summed E-state index contributed by atoms with van der Waals surface area (Å²) in [5.41, 5.74) is -1.83. The van der Waals surface area contributed by atoms with Crippen LogP contribution in [0, 0.1) is 17.3 Å². The molecule has 35 heavy (non-hydrogen) atoms. The number of ether oxygens (including phenoxy) is 1. The SMILES string of the molecule is O=C(N1CCc2ncc(C(F)(F)F)cc2C1)[C@@]1(CC(F)(F)F)CC[C@@H](NC2C3CCC2COC3)C1. The normalized spacial score (nSPS) is 33.1. The standard InChI is InChI=1S/C24H29F6N3O2/c25-23(26,27)13-22(5-3-18(8-22)32-20-14-1-2-15(20)12-35-11-14)21(34)33-6-4-19-16(10-33)7-17(9-31-19)24(28,29)30/h7,9,14-15,18,20,32H,1-6,8,10-13H2/t14?,15?,18-,20?,22+/m1/s1. The molecule has 1 saturated heterocycles. The molecule has 1 aromatic rings. The summed E-state index contributed by atoms with van der Waals surface area (Å²) in [6.07, 6.45) is -6.65. The molecule has 2 aliphatic carbocycles. The van der Waals surface area contributed by atoms with Gasteiger partial charge in [-0.25, -0.2) is 0 Å². The molecule has 0 aromatic carbocycles. The number of halogens is 6. The number of fused-ring (bicyclic) bond motifs is 3. The molecule has 194 valence electrons. The summed E-state index contributed by atoms with van der Waals surface area (Å²) < 4.78 is 86.1. The van der Waals surface area contributed by atoms with E-state index < -0.39 is 35.7 Å². The van der Waals surface area contributed by atoms with Gasteiger partial charge in [0.1, 0.15) is 0 Å². The maximum Gasteiger partial charge on any atom is 0.417 e. The van der Waals surface area contributed by atoms with Crippen molar-refractivity contribution in [3.63, 3.8) is 0 Å². The molecule has 3 heterocycles. The molecule has 5 nitrogen and oxygen atoms in total. The van der Waals surface area contributed by atoms with Gasteiger partial charge in [-0.2, -0.15) is 26.3 Å². The summed E-state index contributed by atoms with van der Waals surface area (Å²) in [7, 11) is 0. The van der Waals surface area contributed by atoms with Gasteiger partial charge >= 0.3 is 12.4 Å². The van der Waals surface area contributed by atoms with Gasteiger partial charge in [-0.3, -0.25) is 9.78 Å². The Kier molecular flexibility index (Phi) is 6.31. The van der Waals surface area contributed by atoms with E-state index >= 15 is 0 Å². The second kappa shape index (κ2) is 8.90. The largest absolute Gasteiger partial charge is 0.417 e. The molecule has 2 aliphatic heterocycles. The molecule has 11 heteroatoms. The van der Waals surface area contributed by atoms with Crippen LogP contribution in [0.1, 0.15) is 55.3 Å². The maximum absolute atomic E-state index is 13.7. The second-order valence-electron chi connectivity index (χ2n) is 10.6. The molecule has 4 atom stereocenters. The number of nitrogens with zero attached hydrogens (tertiary/aromatic N) is 2. The van der Waals surface area contributed by atoms with E-state index in [1.807, 2.05) is 0 Å². The summed E-state index contributed by atoms with van der Waals surface area (Å²) in [5, 5.41) is 3.56. The molecule has 4 aliphatic rings. The number of rotatable bonds is 4. The Bertz CT molecular complexity index is 952. The predicted octanol–water partition coefficient (Wildman–Crippen LogP) is 4.49. The highest BCUT2D eigenvalue weighted by atomic mass is 19.4. The smallest absolute Gasteiger partial charge is 0.381 e. The zero-order valence-electron chi connectivity index (χ0n) is 19.2. The first-order valence-corrected chi connectivity index (χ1v) is 12.2. The lowest BCUT2D eigenvalue weighted by Crippen LogP contribution is -2.50. The Morgan fingerprint density at radius 3 is 2.51 bits per heavy atom. The zero-order valence-corrected chi connectivity index (χ0v) is 19.2. The van der Waals surface area contributed by atoms with E-state index in [2.05, 4.69) is 10.3 Å². The minimum Gasteiger partial charge on any atom is -0.381 e. The van der Waals surface area contributed by atoms with Gasteiger partial charge in [0.15, 0.2) is 0 Å². The summed E-state index contributed by atoms with van der Waals surface area (Å²) >= 11 is 0. The van der Waals surface area contributed by atoms with Crippen molar-refractivity contribution in [2.45, 2.75) is 75.9 Å². The molecule has 0 radical (unpaired) electrons. The van der Waals surface area contributed by atoms with Crippen LogP contribution < -0.4 is 5.32 Å². The van der Waals surface area contributed by atoms with Gasteiger partial charge in [-0.05, 0) is 55.6 Å². The van der Waals surface area contributed by atoms with E-state index in [1.54, 1.807) is 0 Å².